The van der Waals surface area contributed by atoms with Crippen molar-refractivity contribution < 1.29 is 18.8 Å². The van der Waals surface area contributed by atoms with Crippen molar-refractivity contribution in [2.75, 3.05) is 13.2 Å². The van der Waals surface area contributed by atoms with Gasteiger partial charge in [-0.3, -0.25) is 9.59 Å². The monoisotopic (exact) mass is 453 g/mol. The molecule has 7 heteroatoms. The summed E-state index contributed by atoms with van der Waals surface area (Å²) < 4.78 is 13.2. The van der Waals surface area contributed by atoms with Crippen LogP contribution in [0.5, 0.6) is 0 Å². The zero-order valence-electron chi connectivity index (χ0n) is 19.2. The summed E-state index contributed by atoms with van der Waals surface area (Å²) in [5, 5.41) is 5.53. The van der Waals surface area contributed by atoms with Crippen LogP contribution < -0.4 is 10.6 Å². The highest BCUT2D eigenvalue weighted by molar-refractivity contribution is 5.93. The molecule has 1 aliphatic rings. The smallest absolute Gasteiger partial charge is 0.318 e. The SMILES string of the molecule is CC(C)C[C@H](NC(=O)N1CCc2ccccc2C1)C(=O)N[C@@H](Cc1ccccc1)C(=O)CF. The number of alkyl halides is 1. The molecule has 0 saturated carbocycles. The number of carbonyl (C=O) groups is 3. The van der Waals surface area contributed by atoms with Crippen molar-refractivity contribution in [3.05, 3.63) is 71.3 Å². The van der Waals surface area contributed by atoms with Gasteiger partial charge in [0.1, 0.15) is 12.7 Å². The minimum atomic E-state index is -1.16. The van der Waals surface area contributed by atoms with Crippen LogP contribution in [0.25, 0.3) is 0 Å². The summed E-state index contributed by atoms with van der Waals surface area (Å²) in [6.07, 6.45) is 1.36. The molecule has 0 unspecified atom stereocenters. The number of benzene rings is 2. The van der Waals surface area contributed by atoms with Crippen LogP contribution in [0, 0.1) is 5.92 Å². The Morgan fingerprint density at radius 1 is 0.939 bits per heavy atom. The van der Waals surface area contributed by atoms with Gasteiger partial charge in [0.05, 0.1) is 6.04 Å². The Bertz CT molecular complexity index is 964. The van der Waals surface area contributed by atoms with Crippen molar-refractivity contribution in [1.29, 1.82) is 0 Å². The Morgan fingerprint density at radius 3 is 2.27 bits per heavy atom. The zero-order valence-corrected chi connectivity index (χ0v) is 19.2. The van der Waals surface area contributed by atoms with Gasteiger partial charge < -0.3 is 15.5 Å². The van der Waals surface area contributed by atoms with E-state index < -0.39 is 30.4 Å². The van der Waals surface area contributed by atoms with E-state index in [0.717, 1.165) is 17.5 Å². The normalized spacial score (nSPS) is 14.8. The quantitative estimate of drug-likeness (QED) is 0.611. The Hall–Kier alpha value is -3.22. The summed E-state index contributed by atoms with van der Waals surface area (Å²) in [5.74, 6) is -1.03. The number of ketones is 1. The number of urea groups is 1. The van der Waals surface area contributed by atoms with Crippen LogP contribution in [0.2, 0.25) is 0 Å². The maximum absolute atomic E-state index is 13.2. The third kappa shape index (κ3) is 6.88. The Kier molecular flexibility index (Phi) is 8.58. The minimum absolute atomic E-state index is 0.132. The van der Waals surface area contributed by atoms with Crippen LogP contribution in [-0.4, -0.2) is 47.9 Å². The first-order valence-electron chi connectivity index (χ1n) is 11.4. The van der Waals surface area contributed by atoms with E-state index >= 15 is 0 Å². The number of Topliss-reactive ketones (excluding diaryl/α,β-unsaturated/α-hetero) is 1. The van der Waals surface area contributed by atoms with Crippen molar-refractivity contribution in [3.8, 4) is 0 Å². The molecule has 2 aromatic rings. The number of amides is 3. The third-order valence-electron chi connectivity index (χ3n) is 5.86. The Morgan fingerprint density at radius 2 is 1.61 bits per heavy atom. The second-order valence-electron chi connectivity index (χ2n) is 8.92. The molecule has 3 amide bonds. The predicted octanol–water partition coefficient (Wildman–Crippen LogP) is 3.44. The second-order valence-corrected chi connectivity index (χ2v) is 8.92. The van der Waals surface area contributed by atoms with Crippen molar-refractivity contribution in [2.24, 2.45) is 5.92 Å². The molecule has 2 atom stereocenters. The van der Waals surface area contributed by atoms with Gasteiger partial charge in [-0.25, -0.2) is 9.18 Å². The first kappa shape index (κ1) is 24.4. The van der Waals surface area contributed by atoms with Gasteiger partial charge in [-0.1, -0.05) is 68.4 Å². The summed E-state index contributed by atoms with van der Waals surface area (Å²) in [5.41, 5.74) is 3.15. The Labute approximate surface area is 194 Å². The van der Waals surface area contributed by atoms with Gasteiger partial charge >= 0.3 is 6.03 Å². The lowest BCUT2D eigenvalue weighted by molar-refractivity contribution is -0.129. The molecule has 176 valence electrons. The van der Waals surface area contributed by atoms with Gasteiger partial charge in [-0.15, -0.1) is 0 Å². The van der Waals surface area contributed by atoms with E-state index in [1.54, 1.807) is 4.90 Å². The number of carbonyl (C=O) groups excluding carboxylic acids is 3. The lowest BCUT2D eigenvalue weighted by Gasteiger charge is -2.31. The number of rotatable bonds is 9. The molecule has 0 fully saturated rings. The number of nitrogens with zero attached hydrogens (tertiary/aromatic N) is 1. The van der Waals surface area contributed by atoms with Crippen molar-refractivity contribution in [1.82, 2.24) is 15.5 Å². The molecule has 0 bridgehead atoms. The molecule has 0 spiro atoms. The van der Waals surface area contributed by atoms with Crippen molar-refractivity contribution in [2.45, 2.75) is 51.7 Å². The number of halogens is 1. The van der Waals surface area contributed by atoms with Crippen LogP contribution in [0.15, 0.2) is 54.6 Å². The van der Waals surface area contributed by atoms with Crippen LogP contribution in [0.4, 0.5) is 9.18 Å². The predicted molar refractivity (Wildman–Crippen MR) is 125 cm³/mol. The fourth-order valence-corrected chi connectivity index (χ4v) is 4.07. The lowest BCUT2D eigenvalue weighted by Crippen LogP contribution is -2.55. The van der Waals surface area contributed by atoms with Gasteiger partial charge in [-0.05, 0) is 41.9 Å². The summed E-state index contributed by atoms with van der Waals surface area (Å²) in [7, 11) is 0. The molecular formula is C26H32FN3O3. The maximum atomic E-state index is 13.2. The average molecular weight is 454 g/mol. The van der Waals surface area contributed by atoms with Crippen LogP contribution in [0.1, 0.15) is 37.0 Å². The topological polar surface area (TPSA) is 78.5 Å². The van der Waals surface area contributed by atoms with E-state index in [1.165, 1.54) is 5.56 Å². The van der Waals surface area contributed by atoms with Gasteiger partial charge in [0.15, 0.2) is 5.78 Å². The maximum Gasteiger partial charge on any atom is 0.318 e. The van der Waals surface area contributed by atoms with E-state index in [4.69, 9.17) is 0 Å². The highest BCUT2D eigenvalue weighted by Gasteiger charge is 2.29. The lowest BCUT2D eigenvalue weighted by atomic mass is 9.99. The standard InChI is InChI=1S/C26H32FN3O3/c1-18(2)14-23(29-26(33)30-13-12-20-10-6-7-11-21(20)17-30)25(32)28-22(24(31)16-27)15-19-8-4-3-5-9-19/h3-11,18,22-23H,12-17H2,1-2H3,(H,28,32)(H,29,33)/t22-,23-/m0/s1. The highest BCUT2D eigenvalue weighted by atomic mass is 19.1. The van der Waals surface area contributed by atoms with Crippen LogP contribution in [0.3, 0.4) is 0 Å². The molecule has 2 aromatic carbocycles. The first-order valence-corrected chi connectivity index (χ1v) is 11.4. The molecule has 2 N–H and O–H groups in total. The molecule has 3 rings (SSSR count). The number of hydrogen-bond donors (Lipinski definition) is 2. The van der Waals surface area contributed by atoms with Gasteiger partial charge in [0.25, 0.3) is 0 Å². The molecular weight excluding hydrogens is 421 g/mol. The second kappa shape index (κ2) is 11.6. The number of fused-ring (bicyclic) bond motifs is 1. The van der Waals surface area contributed by atoms with E-state index in [9.17, 15) is 18.8 Å². The molecule has 0 aromatic heterocycles. The van der Waals surface area contributed by atoms with Crippen LogP contribution in [-0.2, 0) is 29.0 Å². The summed E-state index contributed by atoms with van der Waals surface area (Å²) in [6.45, 7) is 3.80. The molecule has 0 aliphatic carbocycles. The molecule has 0 radical (unpaired) electrons. The first-order chi connectivity index (χ1) is 15.9. The van der Waals surface area contributed by atoms with Gasteiger partial charge in [0, 0.05) is 13.1 Å². The Balaban J connectivity index is 1.68. The molecule has 0 saturated heterocycles. The molecule has 33 heavy (non-hydrogen) atoms. The average Bonchev–Trinajstić information content (AvgIpc) is 2.82. The van der Waals surface area contributed by atoms with Gasteiger partial charge in [0.2, 0.25) is 5.91 Å². The molecule has 1 heterocycles. The summed E-state index contributed by atoms with van der Waals surface area (Å²) >= 11 is 0. The van der Waals surface area contributed by atoms with E-state index in [-0.39, 0.29) is 18.4 Å². The summed E-state index contributed by atoms with van der Waals surface area (Å²) in [6, 6.07) is 15.0. The van der Waals surface area contributed by atoms with Crippen molar-refractivity contribution in [3.63, 3.8) is 0 Å². The highest BCUT2D eigenvalue weighted by Crippen LogP contribution is 2.19. The fraction of sp³-hybridized carbons (Fsp3) is 0.423. The van der Waals surface area contributed by atoms with Gasteiger partial charge in [-0.2, -0.15) is 0 Å². The molecule has 6 nitrogen and oxygen atoms in total. The van der Waals surface area contributed by atoms with E-state index in [2.05, 4.69) is 16.7 Å². The zero-order chi connectivity index (χ0) is 23.8. The molecule has 1 aliphatic heterocycles. The third-order valence-corrected chi connectivity index (χ3v) is 5.86. The number of hydrogen-bond acceptors (Lipinski definition) is 3. The van der Waals surface area contributed by atoms with Crippen molar-refractivity contribution >= 4 is 17.7 Å². The van der Waals surface area contributed by atoms with Crippen LogP contribution >= 0.6 is 0 Å². The van der Waals surface area contributed by atoms with E-state index in [1.807, 2.05) is 62.4 Å². The number of nitrogens with one attached hydrogen (secondary N) is 2. The minimum Gasteiger partial charge on any atom is -0.344 e. The van der Waals surface area contributed by atoms with E-state index in [0.29, 0.717) is 19.5 Å². The largest absolute Gasteiger partial charge is 0.344 e. The fourth-order valence-electron chi connectivity index (χ4n) is 4.07. The summed E-state index contributed by atoms with van der Waals surface area (Å²) in [4.78, 5) is 40.0.